The first kappa shape index (κ1) is 17.9. The number of morpholine rings is 1. The molecule has 0 amide bonds. The fourth-order valence-corrected chi connectivity index (χ4v) is 3.29. The molecule has 20 heavy (non-hydrogen) atoms. The fraction of sp³-hybridized carbons (Fsp3) is 1.00. The van der Waals surface area contributed by atoms with E-state index in [1.54, 1.807) is 0 Å². The van der Waals surface area contributed by atoms with Gasteiger partial charge >= 0.3 is 0 Å². The van der Waals surface area contributed by atoms with Crippen LogP contribution >= 0.6 is 0 Å². The van der Waals surface area contributed by atoms with Crippen LogP contribution in [-0.2, 0) is 4.74 Å². The molecule has 1 rings (SSSR count). The maximum absolute atomic E-state index is 5.85. The monoisotopic (exact) mass is 284 g/mol. The third-order valence-electron chi connectivity index (χ3n) is 4.61. The van der Waals surface area contributed by atoms with Gasteiger partial charge in [-0.05, 0) is 44.6 Å². The van der Waals surface area contributed by atoms with Gasteiger partial charge in [-0.2, -0.15) is 0 Å². The zero-order chi connectivity index (χ0) is 15.2. The quantitative estimate of drug-likeness (QED) is 0.741. The summed E-state index contributed by atoms with van der Waals surface area (Å²) in [6.45, 7) is 19.2. The van der Waals surface area contributed by atoms with Crippen LogP contribution in [0.2, 0.25) is 0 Å². The molecule has 3 nitrogen and oxygen atoms in total. The van der Waals surface area contributed by atoms with Crippen LogP contribution in [0.4, 0.5) is 0 Å². The molecule has 1 heterocycles. The lowest BCUT2D eigenvalue weighted by Gasteiger charge is -2.42. The largest absolute Gasteiger partial charge is 0.373 e. The van der Waals surface area contributed by atoms with Crippen molar-refractivity contribution in [1.82, 2.24) is 10.2 Å². The van der Waals surface area contributed by atoms with Gasteiger partial charge < -0.3 is 10.1 Å². The van der Waals surface area contributed by atoms with E-state index in [1.165, 1.54) is 19.4 Å². The first-order valence-electron chi connectivity index (χ1n) is 8.49. The molecule has 1 aliphatic heterocycles. The highest BCUT2D eigenvalue weighted by atomic mass is 16.5. The van der Waals surface area contributed by atoms with Gasteiger partial charge in [0.2, 0.25) is 0 Å². The molecule has 2 atom stereocenters. The van der Waals surface area contributed by atoms with Crippen molar-refractivity contribution in [1.29, 1.82) is 0 Å². The lowest BCUT2D eigenvalue weighted by molar-refractivity contribution is -0.0784. The summed E-state index contributed by atoms with van der Waals surface area (Å²) in [5.41, 5.74) is 0.408. The molecular weight excluding hydrogens is 248 g/mol. The molecule has 120 valence electrons. The minimum absolute atomic E-state index is 0.369. The van der Waals surface area contributed by atoms with Crippen LogP contribution in [0.1, 0.15) is 54.4 Å². The summed E-state index contributed by atoms with van der Waals surface area (Å²) in [5, 5.41) is 3.68. The van der Waals surface area contributed by atoms with Crippen molar-refractivity contribution < 1.29 is 4.74 Å². The third kappa shape index (κ3) is 5.71. The Kier molecular flexibility index (Phi) is 7.49. The molecule has 1 saturated heterocycles. The third-order valence-corrected chi connectivity index (χ3v) is 4.61. The topological polar surface area (TPSA) is 24.5 Å². The SMILES string of the molecule is CCC(CC)(CNCC(C)C)CN1CC(C)OC(C)C1. The zero-order valence-corrected chi connectivity index (χ0v) is 14.5. The number of hydrogen-bond acceptors (Lipinski definition) is 3. The van der Waals surface area contributed by atoms with Gasteiger partial charge in [0.15, 0.2) is 0 Å². The average Bonchev–Trinajstić information content (AvgIpc) is 2.36. The second-order valence-corrected chi connectivity index (χ2v) is 7.18. The number of hydrogen-bond donors (Lipinski definition) is 1. The van der Waals surface area contributed by atoms with Gasteiger partial charge in [-0.15, -0.1) is 0 Å². The summed E-state index contributed by atoms with van der Waals surface area (Å²) in [4.78, 5) is 2.61. The molecule has 0 aromatic rings. The minimum Gasteiger partial charge on any atom is -0.373 e. The molecule has 0 aliphatic carbocycles. The molecule has 0 radical (unpaired) electrons. The molecule has 0 aromatic carbocycles. The van der Waals surface area contributed by atoms with E-state index in [2.05, 4.69) is 51.8 Å². The maximum atomic E-state index is 5.85. The Morgan fingerprint density at radius 3 is 2.15 bits per heavy atom. The van der Waals surface area contributed by atoms with Crippen LogP contribution < -0.4 is 5.32 Å². The van der Waals surface area contributed by atoms with E-state index in [1.807, 2.05) is 0 Å². The molecule has 0 spiro atoms. The summed E-state index contributed by atoms with van der Waals surface area (Å²) < 4.78 is 5.85. The van der Waals surface area contributed by atoms with Gasteiger partial charge in [0, 0.05) is 26.2 Å². The van der Waals surface area contributed by atoms with Crippen molar-refractivity contribution in [3.8, 4) is 0 Å². The van der Waals surface area contributed by atoms with Crippen molar-refractivity contribution in [2.75, 3.05) is 32.7 Å². The van der Waals surface area contributed by atoms with Crippen molar-refractivity contribution >= 4 is 0 Å². The van der Waals surface area contributed by atoms with Crippen molar-refractivity contribution in [3.05, 3.63) is 0 Å². The Morgan fingerprint density at radius 2 is 1.70 bits per heavy atom. The van der Waals surface area contributed by atoms with Crippen LogP contribution in [0.25, 0.3) is 0 Å². The Bertz CT molecular complexity index is 254. The van der Waals surface area contributed by atoms with Crippen LogP contribution in [0.15, 0.2) is 0 Å². The smallest absolute Gasteiger partial charge is 0.0678 e. The van der Waals surface area contributed by atoms with Crippen LogP contribution in [0, 0.1) is 11.3 Å². The summed E-state index contributed by atoms with van der Waals surface area (Å²) in [5.74, 6) is 0.727. The van der Waals surface area contributed by atoms with Gasteiger partial charge in [0.05, 0.1) is 12.2 Å². The van der Waals surface area contributed by atoms with E-state index in [0.717, 1.165) is 32.1 Å². The average molecular weight is 284 g/mol. The summed E-state index contributed by atoms with van der Waals surface area (Å²) in [6, 6.07) is 0. The number of nitrogens with zero attached hydrogens (tertiary/aromatic N) is 1. The summed E-state index contributed by atoms with van der Waals surface area (Å²) in [6.07, 6.45) is 3.23. The Morgan fingerprint density at radius 1 is 1.15 bits per heavy atom. The van der Waals surface area contributed by atoms with Crippen LogP contribution in [0.3, 0.4) is 0 Å². The molecule has 1 aliphatic rings. The Hall–Kier alpha value is -0.120. The van der Waals surface area contributed by atoms with E-state index in [9.17, 15) is 0 Å². The summed E-state index contributed by atoms with van der Waals surface area (Å²) >= 11 is 0. The Labute approximate surface area is 126 Å². The minimum atomic E-state index is 0.369. The Balaban J connectivity index is 2.55. The number of nitrogens with one attached hydrogen (secondary N) is 1. The molecule has 1 N–H and O–H groups in total. The van der Waals surface area contributed by atoms with Gasteiger partial charge in [0.1, 0.15) is 0 Å². The van der Waals surface area contributed by atoms with Gasteiger partial charge in [-0.1, -0.05) is 27.7 Å². The second kappa shape index (κ2) is 8.35. The molecule has 2 unspecified atom stereocenters. The lowest BCUT2D eigenvalue weighted by atomic mass is 9.81. The van der Waals surface area contributed by atoms with Crippen molar-refractivity contribution in [3.63, 3.8) is 0 Å². The van der Waals surface area contributed by atoms with Crippen LogP contribution in [-0.4, -0.2) is 49.8 Å². The first-order valence-corrected chi connectivity index (χ1v) is 8.49. The fourth-order valence-electron chi connectivity index (χ4n) is 3.29. The van der Waals surface area contributed by atoms with Gasteiger partial charge in [0.25, 0.3) is 0 Å². The highest BCUT2D eigenvalue weighted by Crippen LogP contribution is 2.28. The standard InChI is InChI=1S/C17H36N2O/c1-7-17(8-2,12-18-9-14(3)4)13-19-10-15(5)20-16(6)11-19/h14-16,18H,7-13H2,1-6H3. The van der Waals surface area contributed by atoms with E-state index in [-0.39, 0.29) is 0 Å². The summed E-state index contributed by atoms with van der Waals surface area (Å²) in [7, 11) is 0. The molecule has 3 heteroatoms. The van der Waals surface area contributed by atoms with Gasteiger partial charge in [-0.3, -0.25) is 4.90 Å². The molecule has 1 fully saturated rings. The van der Waals surface area contributed by atoms with Crippen LogP contribution in [0.5, 0.6) is 0 Å². The lowest BCUT2D eigenvalue weighted by Crippen LogP contribution is -2.51. The number of rotatable bonds is 8. The zero-order valence-electron chi connectivity index (χ0n) is 14.5. The van der Waals surface area contributed by atoms with E-state index in [0.29, 0.717) is 17.6 Å². The molecule has 0 bridgehead atoms. The predicted molar refractivity (Wildman–Crippen MR) is 87.2 cm³/mol. The van der Waals surface area contributed by atoms with E-state index in [4.69, 9.17) is 4.74 Å². The molecule has 0 saturated carbocycles. The van der Waals surface area contributed by atoms with E-state index < -0.39 is 0 Å². The highest BCUT2D eigenvalue weighted by molar-refractivity contribution is 4.85. The molecule has 0 aromatic heterocycles. The van der Waals surface area contributed by atoms with Gasteiger partial charge in [-0.25, -0.2) is 0 Å². The van der Waals surface area contributed by atoms with Crippen molar-refractivity contribution in [2.45, 2.75) is 66.6 Å². The first-order chi connectivity index (χ1) is 9.40. The maximum Gasteiger partial charge on any atom is 0.0678 e. The molecular formula is C17H36N2O. The number of ether oxygens (including phenoxy) is 1. The highest BCUT2D eigenvalue weighted by Gasteiger charge is 2.31. The normalized spacial score (nSPS) is 25.4. The second-order valence-electron chi connectivity index (χ2n) is 7.18. The van der Waals surface area contributed by atoms with Crippen molar-refractivity contribution in [2.24, 2.45) is 11.3 Å². The van der Waals surface area contributed by atoms with E-state index >= 15 is 0 Å². The predicted octanol–water partition coefficient (Wildman–Crippen LogP) is 3.15.